The number of nitrogens with one attached hydrogen (secondary N) is 1. The molecule has 5 nitrogen and oxygen atoms in total. The Morgan fingerprint density at radius 3 is 2.74 bits per heavy atom. The normalized spacial score (nSPS) is 25.1. The highest BCUT2D eigenvalue weighted by Gasteiger charge is 2.44. The van der Waals surface area contributed by atoms with E-state index in [-0.39, 0.29) is 22.8 Å². The van der Waals surface area contributed by atoms with Crippen LogP contribution in [0, 0.1) is 25.2 Å². The maximum atomic E-state index is 12.5. The first-order valence-corrected chi connectivity index (χ1v) is 8.71. The van der Waals surface area contributed by atoms with Gasteiger partial charge in [-0.3, -0.25) is 9.48 Å². The van der Waals surface area contributed by atoms with Crippen LogP contribution in [0.5, 0.6) is 0 Å². The van der Waals surface area contributed by atoms with E-state index >= 15 is 0 Å². The molecule has 2 heterocycles. The van der Waals surface area contributed by atoms with Crippen LogP contribution in [0.4, 0.5) is 0 Å². The Kier molecular flexibility index (Phi) is 4.25. The lowest BCUT2D eigenvalue weighted by atomic mass is 9.87. The number of amides is 1. The molecule has 0 radical (unpaired) electrons. The Morgan fingerprint density at radius 1 is 1.43 bits per heavy atom. The molecule has 1 saturated heterocycles. The van der Waals surface area contributed by atoms with E-state index in [1.54, 1.807) is 0 Å². The number of ether oxygens (including phenoxy) is 1. The summed E-state index contributed by atoms with van der Waals surface area (Å²) in [6.45, 7) is 10.6. The molecule has 1 aliphatic carbocycles. The zero-order chi connectivity index (χ0) is 16.7. The third kappa shape index (κ3) is 3.94. The van der Waals surface area contributed by atoms with Gasteiger partial charge in [0, 0.05) is 36.7 Å². The van der Waals surface area contributed by atoms with Gasteiger partial charge in [0.1, 0.15) is 0 Å². The first-order valence-electron chi connectivity index (χ1n) is 8.71. The van der Waals surface area contributed by atoms with Gasteiger partial charge in [-0.15, -0.1) is 0 Å². The number of rotatable bonds is 5. The zero-order valence-electron chi connectivity index (χ0n) is 14.8. The number of nitrogens with zero attached hydrogens (tertiary/aromatic N) is 2. The van der Waals surface area contributed by atoms with E-state index in [0.717, 1.165) is 31.6 Å². The molecule has 1 atom stereocenters. The van der Waals surface area contributed by atoms with Crippen LogP contribution in [-0.4, -0.2) is 34.4 Å². The first kappa shape index (κ1) is 16.5. The molecule has 3 rings (SSSR count). The quantitative estimate of drug-likeness (QED) is 0.907. The van der Waals surface area contributed by atoms with Crippen molar-refractivity contribution in [1.82, 2.24) is 15.1 Å². The Morgan fingerprint density at radius 2 is 2.17 bits per heavy atom. The van der Waals surface area contributed by atoms with Crippen molar-refractivity contribution in [3.8, 4) is 0 Å². The summed E-state index contributed by atoms with van der Waals surface area (Å²) < 4.78 is 7.80. The second-order valence-electron chi connectivity index (χ2n) is 8.10. The van der Waals surface area contributed by atoms with Crippen molar-refractivity contribution in [2.24, 2.45) is 11.3 Å². The van der Waals surface area contributed by atoms with Crippen molar-refractivity contribution in [1.29, 1.82) is 0 Å². The molecule has 1 N–H and O–H groups in total. The average Bonchev–Trinajstić information content (AvgIpc) is 3.15. The molecule has 23 heavy (non-hydrogen) atoms. The van der Waals surface area contributed by atoms with Crippen LogP contribution >= 0.6 is 0 Å². The van der Waals surface area contributed by atoms with Gasteiger partial charge in [-0.25, -0.2) is 0 Å². The van der Waals surface area contributed by atoms with E-state index < -0.39 is 0 Å². The Labute approximate surface area is 138 Å². The van der Waals surface area contributed by atoms with E-state index in [0.29, 0.717) is 6.61 Å². The molecule has 0 unspecified atom stereocenters. The predicted molar refractivity (Wildman–Crippen MR) is 89.1 cm³/mol. The number of aromatic nitrogens is 2. The fourth-order valence-corrected chi connectivity index (χ4v) is 3.59. The minimum atomic E-state index is -0.179. The van der Waals surface area contributed by atoms with Crippen LogP contribution in [0.15, 0.2) is 6.07 Å². The van der Waals surface area contributed by atoms with Gasteiger partial charge in [-0.2, -0.15) is 5.10 Å². The topological polar surface area (TPSA) is 56.2 Å². The lowest BCUT2D eigenvalue weighted by Crippen LogP contribution is -2.43. The van der Waals surface area contributed by atoms with Crippen molar-refractivity contribution in [2.45, 2.75) is 65.5 Å². The van der Waals surface area contributed by atoms with Gasteiger partial charge in [-0.05, 0) is 59.4 Å². The van der Waals surface area contributed by atoms with Crippen molar-refractivity contribution < 1.29 is 9.53 Å². The van der Waals surface area contributed by atoms with Crippen LogP contribution in [0.25, 0.3) is 0 Å². The highest BCUT2D eigenvalue weighted by Crippen LogP contribution is 2.46. The fraction of sp³-hybridized carbons (Fsp3) is 0.778. The number of carbonyl (C=O) groups is 1. The number of hydrogen-bond donors (Lipinski definition) is 1. The standard InChI is InChI=1S/C18H29N3O2/c1-13-9-14(2)21(20-13)12-18(6-7-18)11-19-16(22)15-5-8-23-17(3,4)10-15/h9,15H,5-8,10-12H2,1-4H3,(H,19,22)/t15-/m0/s1. The summed E-state index contributed by atoms with van der Waals surface area (Å²) in [4.78, 5) is 12.5. The predicted octanol–water partition coefficient (Wildman–Crippen LogP) is 2.60. The molecular formula is C18H29N3O2. The summed E-state index contributed by atoms with van der Waals surface area (Å²) in [6.07, 6.45) is 3.98. The summed E-state index contributed by atoms with van der Waals surface area (Å²) in [5, 5.41) is 7.76. The Bertz CT molecular complexity index is 587. The van der Waals surface area contributed by atoms with Gasteiger partial charge in [-0.1, -0.05) is 0 Å². The molecule has 1 aromatic rings. The summed E-state index contributed by atoms with van der Waals surface area (Å²) >= 11 is 0. The zero-order valence-corrected chi connectivity index (χ0v) is 14.8. The second-order valence-corrected chi connectivity index (χ2v) is 8.10. The van der Waals surface area contributed by atoms with E-state index in [2.05, 4.69) is 41.9 Å². The first-order chi connectivity index (χ1) is 10.8. The molecule has 0 bridgehead atoms. The summed E-state index contributed by atoms with van der Waals surface area (Å²) in [6, 6.07) is 2.11. The van der Waals surface area contributed by atoms with Gasteiger partial charge in [0.25, 0.3) is 0 Å². The van der Waals surface area contributed by atoms with Gasteiger partial charge in [0.05, 0.1) is 11.3 Å². The second kappa shape index (κ2) is 5.93. The van der Waals surface area contributed by atoms with Crippen LogP contribution in [0.3, 0.4) is 0 Å². The van der Waals surface area contributed by atoms with Crippen LogP contribution in [-0.2, 0) is 16.1 Å². The van der Waals surface area contributed by atoms with Crippen molar-refractivity contribution >= 4 is 5.91 Å². The lowest BCUT2D eigenvalue weighted by Gasteiger charge is -2.35. The van der Waals surface area contributed by atoms with Gasteiger partial charge < -0.3 is 10.1 Å². The molecule has 2 fully saturated rings. The largest absolute Gasteiger partial charge is 0.376 e. The van der Waals surface area contributed by atoms with Crippen LogP contribution in [0.1, 0.15) is 50.9 Å². The summed E-state index contributed by atoms with van der Waals surface area (Å²) in [5.41, 5.74) is 2.29. The average molecular weight is 319 g/mol. The van der Waals surface area contributed by atoms with Crippen molar-refractivity contribution in [3.05, 3.63) is 17.5 Å². The molecule has 0 spiro atoms. The molecular weight excluding hydrogens is 290 g/mol. The third-order valence-corrected chi connectivity index (χ3v) is 5.25. The van der Waals surface area contributed by atoms with Crippen molar-refractivity contribution in [3.63, 3.8) is 0 Å². The van der Waals surface area contributed by atoms with Gasteiger partial charge >= 0.3 is 0 Å². The SMILES string of the molecule is Cc1cc(C)n(CC2(CNC(=O)[C@H]3CCOC(C)(C)C3)CC2)n1. The highest BCUT2D eigenvalue weighted by atomic mass is 16.5. The fourth-order valence-electron chi connectivity index (χ4n) is 3.59. The monoisotopic (exact) mass is 319 g/mol. The molecule has 5 heteroatoms. The molecule has 128 valence electrons. The smallest absolute Gasteiger partial charge is 0.223 e. The molecule has 1 saturated carbocycles. The van der Waals surface area contributed by atoms with Gasteiger partial charge in [0.2, 0.25) is 5.91 Å². The number of hydrogen-bond acceptors (Lipinski definition) is 3. The number of carbonyl (C=O) groups excluding carboxylic acids is 1. The number of aryl methyl sites for hydroxylation is 2. The summed E-state index contributed by atoms with van der Waals surface area (Å²) in [5.74, 6) is 0.282. The molecule has 1 amide bonds. The molecule has 0 aromatic carbocycles. The lowest BCUT2D eigenvalue weighted by molar-refractivity contribution is -0.135. The summed E-state index contributed by atoms with van der Waals surface area (Å²) in [7, 11) is 0. The Balaban J connectivity index is 1.53. The van der Waals surface area contributed by atoms with E-state index in [4.69, 9.17) is 4.74 Å². The third-order valence-electron chi connectivity index (χ3n) is 5.25. The minimum absolute atomic E-state index is 0.0863. The van der Waals surface area contributed by atoms with Crippen LogP contribution < -0.4 is 5.32 Å². The molecule has 2 aliphatic rings. The minimum Gasteiger partial charge on any atom is -0.376 e. The molecule has 1 aromatic heterocycles. The van der Waals surface area contributed by atoms with Crippen molar-refractivity contribution in [2.75, 3.05) is 13.2 Å². The Hall–Kier alpha value is -1.36. The highest BCUT2D eigenvalue weighted by molar-refractivity contribution is 5.78. The maximum Gasteiger partial charge on any atom is 0.223 e. The maximum absolute atomic E-state index is 12.5. The van der Waals surface area contributed by atoms with Gasteiger partial charge in [0.15, 0.2) is 0 Å². The van der Waals surface area contributed by atoms with E-state index in [9.17, 15) is 4.79 Å². The van der Waals surface area contributed by atoms with E-state index in [1.807, 2.05) is 6.92 Å². The van der Waals surface area contributed by atoms with Crippen LogP contribution in [0.2, 0.25) is 0 Å². The van der Waals surface area contributed by atoms with E-state index in [1.165, 1.54) is 18.5 Å². The molecule has 1 aliphatic heterocycles.